The van der Waals surface area contributed by atoms with Gasteiger partial charge in [0, 0.05) is 0 Å². The Hall–Kier alpha value is -1.11. The molecule has 0 radical (unpaired) electrons. The van der Waals surface area contributed by atoms with E-state index in [-0.39, 0.29) is 5.43 Å². The standard InChI is InChI=1S/C13H16O/c1-2-10-5-3-6-11-9-12(14)7-4-8-13(10)11/h4,7-10H,2-3,5-6H2,1H3. The highest BCUT2D eigenvalue weighted by molar-refractivity contribution is 5.31. The Balaban J connectivity index is 2.54. The molecular weight excluding hydrogens is 172 g/mol. The van der Waals surface area contributed by atoms with Crippen LogP contribution in [0.4, 0.5) is 0 Å². The van der Waals surface area contributed by atoms with E-state index >= 15 is 0 Å². The van der Waals surface area contributed by atoms with Crippen LogP contribution in [-0.4, -0.2) is 0 Å². The van der Waals surface area contributed by atoms with Gasteiger partial charge in [0.1, 0.15) is 0 Å². The van der Waals surface area contributed by atoms with E-state index in [1.54, 1.807) is 6.07 Å². The molecule has 0 amide bonds. The zero-order chi connectivity index (χ0) is 9.97. The van der Waals surface area contributed by atoms with Gasteiger partial charge < -0.3 is 0 Å². The van der Waals surface area contributed by atoms with Crippen molar-refractivity contribution in [3.8, 4) is 0 Å². The minimum Gasteiger partial charge on any atom is -0.290 e. The molecule has 1 nitrogen and oxygen atoms in total. The van der Waals surface area contributed by atoms with Crippen molar-refractivity contribution in [2.24, 2.45) is 0 Å². The summed E-state index contributed by atoms with van der Waals surface area (Å²) in [5.41, 5.74) is 2.82. The van der Waals surface area contributed by atoms with Gasteiger partial charge in [0.2, 0.25) is 0 Å². The van der Waals surface area contributed by atoms with Crippen LogP contribution in [0.5, 0.6) is 0 Å². The highest BCUT2D eigenvalue weighted by Crippen LogP contribution is 2.32. The lowest BCUT2D eigenvalue weighted by atomic mass is 9.83. The summed E-state index contributed by atoms with van der Waals surface area (Å²) in [4.78, 5) is 11.3. The fourth-order valence-electron chi connectivity index (χ4n) is 2.39. The molecule has 1 aromatic carbocycles. The van der Waals surface area contributed by atoms with Gasteiger partial charge in [-0.15, -0.1) is 0 Å². The topological polar surface area (TPSA) is 17.1 Å². The van der Waals surface area contributed by atoms with Crippen molar-refractivity contribution < 1.29 is 0 Å². The summed E-state index contributed by atoms with van der Waals surface area (Å²) in [7, 11) is 0. The molecule has 2 rings (SSSR count). The van der Waals surface area contributed by atoms with Gasteiger partial charge in [-0.2, -0.15) is 0 Å². The molecule has 0 saturated carbocycles. The molecule has 0 bridgehead atoms. The van der Waals surface area contributed by atoms with E-state index < -0.39 is 0 Å². The molecule has 1 aromatic rings. The predicted octanol–water partition coefficient (Wildman–Crippen LogP) is 2.88. The second kappa shape index (κ2) is 3.95. The third-order valence-corrected chi connectivity index (χ3v) is 3.15. The fourth-order valence-corrected chi connectivity index (χ4v) is 2.39. The van der Waals surface area contributed by atoms with Gasteiger partial charge in [0.15, 0.2) is 5.43 Å². The Morgan fingerprint density at radius 1 is 1.43 bits per heavy atom. The minimum atomic E-state index is 0.142. The summed E-state index contributed by atoms with van der Waals surface area (Å²) in [5, 5.41) is 0. The molecule has 74 valence electrons. The first-order valence-corrected chi connectivity index (χ1v) is 5.44. The zero-order valence-corrected chi connectivity index (χ0v) is 8.62. The molecule has 0 fully saturated rings. The largest absolute Gasteiger partial charge is 0.290 e. The highest BCUT2D eigenvalue weighted by atomic mass is 16.1. The van der Waals surface area contributed by atoms with Gasteiger partial charge in [0.05, 0.1) is 0 Å². The van der Waals surface area contributed by atoms with Gasteiger partial charge in [-0.1, -0.05) is 19.1 Å². The van der Waals surface area contributed by atoms with E-state index in [2.05, 4.69) is 13.0 Å². The quantitative estimate of drug-likeness (QED) is 0.662. The maximum Gasteiger partial charge on any atom is 0.178 e. The van der Waals surface area contributed by atoms with E-state index in [4.69, 9.17) is 0 Å². The van der Waals surface area contributed by atoms with Gasteiger partial charge in [0.25, 0.3) is 0 Å². The van der Waals surface area contributed by atoms with E-state index in [9.17, 15) is 4.79 Å². The van der Waals surface area contributed by atoms with Crippen molar-refractivity contribution in [3.05, 3.63) is 45.6 Å². The lowest BCUT2D eigenvalue weighted by molar-refractivity contribution is 0.541. The SMILES string of the molecule is CCC1CCCc2cc(=O)cccc21. The van der Waals surface area contributed by atoms with E-state index in [0.29, 0.717) is 5.92 Å². The molecule has 0 spiro atoms. The normalized spacial score (nSPS) is 20.2. The third-order valence-electron chi connectivity index (χ3n) is 3.15. The maximum atomic E-state index is 11.3. The van der Waals surface area contributed by atoms with Crippen LogP contribution in [0.1, 0.15) is 43.2 Å². The number of rotatable bonds is 1. The van der Waals surface area contributed by atoms with E-state index in [1.807, 2.05) is 12.1 Å². The average Bonchev–Trinajstić information content (AvgIpc) is 2.37. The van der Waals surface area contributed by atoms with E-state index in [1.165, 1.54) is 30.4 Å². The Morgan fingerprint density at radius 3 is 3.07 bits per heavy atom. The molecular formula is C13H16O. The number of fused-ring (bicyclic) bond motifs is 1. The first-order chi connectivity index (χ1) is 6.81. The predicted molar refractivity (Wildman–Crippen MR) is 58.7 cm³/mol. The van der Waals surface area contributed by atoms with Crippen LogP contribution in [0.25, 0.3) is 0 Å². The number of hydrogen-bond acceptors (Lipinski definition) is 1. The van der Waals surface area contributed by atoms with Crippen molar-refractivity contribution in [2.45, 2.75) is 38.5 Å². The lowest BCUT2D eigenvalue weighted by Gasteiger charge is -2.22. The van der Waals surface area contributed by atoms with Crippen LogP contribution in [0.3, 0.4) is 0 Å². The van der Waals surface area contributed by atoms with Crippen molar-refractivity contribution in [3.63, 3.8) is 0 Å². The molecule has 1 atom stereocenters. The molecule has 0 heterocycles. The molecule has 0 saturated heterocycles. The van der Waals surface area contributed by atoms with Crippen molar-refractivity contribution in [1.29, 1.82) is 0 Å². The Morgan fingerprint density at radius 2 is 2.29 bits per heavy atom. The van der Waals surface area contributed by atoms with Crippen LogP contribution in [-0.2, 0) is 6.42 Å². The molecule has 1 aliphatic carbocycles. The molecule has 0 aliphatic heterocycles. The second-order valence-corrected chi connectivity index (χ2v) is 4.05. The van der Waals surface area contributed by atoms with Crippen LogP contribution in [0.15, 0.2) is 29.1 Å². The van der Waals surface area contributed by atoms with Crippen LogP contribution >= 0.6 is 0 Å². The van der Waals surface area contributed by atoms with Crippen LogP contribution < -0.4 is 5.43 Å². The average molecular weight is 188 g/mol. The van der Waals surface area contributed by atoms with Gasteiger partial charge >= 0.3 is 0 Å². The third kappa shape index (κ3) is 1.72. The summed E-state index contributed by atoms with van der Waals surface area (Å²) in [5.74, 6) is 0.672. The van der Waals surface area contributed by atoms with Gasteiger partial charge in [-0.3, -0.25) is 4.79 Å². The minimum absolute atomic E-state index is 0.142. The number of aryl methyl sites for hydroxylation is 1. The van der Waals surface area contributed by atoms with Crippen molar-refractivity contribution in [1.82, 2.24) is 0 Å². The Kier molecular flexibility index (Phi) is 2.67. The first-order valence-electron chi connectivity index (χ1n) is 5.44. The van der Waals surface area contributed by atoms with E-state index in [0.717, 1.165) is 6.42 Å². The summed E-state index contributed by atoms with van der Waals surface area (Å²) < 4.78 is 0. The molecule has 1 aliphatic rings. The van der Waals surface area contributed by atoms with Gasteiger partial charge in [-0.05, 0) is 54.9 Å². The van der Waals surface area contributed by atoms with Crippen LogP contribution in [0.2, 0.25) is 0 Å². The smallest absolute Gasteiger partial charge is 0.178 e. The number of hydrogen-bond donors (Lipinski definition) is 0. The zero-order valence-electron chi connectivity index (χ0n) is 8.62. The molecule has 0 N–H and O–H groups in total. The summed E-state index contributed by atoms with van der Waals surface area (Å²) in [6.45, 7) is 2.23. The molecule has 1 heteroatoms. The highest BCUT2D eigenvalue weighted by Gasteiger charge is 2.17. The molecule has 0 aromatic heterocycles. The van der Waals surface area contributed by atoms with Gasteiger partial charge in [-0.25, -0.2) is 0 Å². The monoisotopic (exact) mass is 188 g/mol. The Bertz CT molecular complexity index is 381. The fraction of sp³-hybridized carbons (Fsp3) is 0.462. The summed E-state index contributed by atoms with van der Waals surface area (Å²) in [6, 6.07) is 7.50. The molecule has 1 unspecified atom stereocenters. The summed E-state index contributed by atoms with van der Waals surface area (Å²) >= 11 is 0. The van der Waals surface area contributed by atoms with Crippen molar-refractivity contribution >= 4 is 0 Å². The summed E-state index contributed by atoms with van der Waals surface area (Å²) in [6.07, 6.45) is 4.78. The first kappa shape index (κ1) is 9.45. The second-order valence-electron chi connectivity index (χ2n) is 4.05. The van der Waals surface area contributed by atoms with Crippen molar-refractivity contribution in [2.75, 3.05) is 0 Å². The lowest BCUT2D eigenvalue weighted by Crippen LogP contribution is -2.08. The van der Waals surface area contributed by atoms with Crippen LogP contribution in [0, 0.1) is 0 Å². The molecule has 14 heavy (non-hydrogen) atoms. The Labute approximate surface area is 84.8 Å². The maximum absolute atomic E-state index is 11.3.